The van der Waals surface area contributed by atoms with Gasteiger partial charge in [0.15, 0.2) is 0 Å². The molecule has 0 aromatic rings. The van der Waals surface area contributed by atoms with Crippen LogP contribution in [-0.2, 0) is 34.1 Å². The molecule has 0 bridgehead atoms. The third-order valence-electron chi connectivity index (χ3n) is 0. The Morgan fingerprint density at radius 3 is 0.800 bits per heavy atom. The Morgan fingerprint density at radius 2 is 0.800 bits per heavy atom. The number of hydrogen-bond acceptors (Lipinski definition) is 0. The van der Waals surface area contributed by atoms with Gasteiger partial charge >= 0.3 is 0 Å². The normalized spacial score (nSPS) is 0.800. The molecular weight excluding hydrogens is 278 g/mol. The van der Waals surface area contributed by atoms with E-state index in [-0.39, 0.29) is 75.0 Å². The molecule has 5 heavy (non-hydrogen) atoms. The van der Waals surface area contributed by atoms with Crippen molar-refractivity contribution in [2.24, 2.45) is 0 Å². The summed E-state index contributed by atoms with van der Waals surface area (Å²) in [5.41, 5.74) is 0. The van der Waals surface area contributed by atoms with E-state index in [9.17, 15) is 0 Å². The zero-order valence-electron chi connectivity index (χ0n) is 2.36. The van der Waals surface area contributed by atoms with Gasteiger partial charge in [0, 0.05) is 90.5 Å². The largest absolute Gasteiger partial charge is 0 e. The van der Waals surface area contributed by atoms with Crippen LogP contribution in [0.5, 0.6) is 0 Å². The van der Waals surface area contributed by atoms with E-state index in [1.165, 1.54) is 0 Å². The summed E-state index contributed by atoms with van der Waals surface area (Å²) in [6, 6.07) is 0. The molecule has 5 heteroatoms. The van der Waals surface area contributed by atoms with E-state index in [2.05, 4.69) is 15.5 Å². The molecule has 0 rings (SSSR count). The van der Waals surface area contributed by atoms with E-state index in [4.69, 9.17) is 0 Å². The maximum absolute atomic E-state index is 4.00. The molecule has 0 spiro atoms. The summed E-state index contributed by atoms with van der Waals surface area (Å²) >= 11 is 0. The van der Waals surface area contributed by atoms with Crippen LogP contribution in [0.2, 0.25) is 0 Å². The fourth-order valence-corrected chi connectivity index (χ4v) is 0. The van der Waals surface area contributed by atoms with Crippen molar-refractivity contribution < 1.29 is 75.0 Å². The minimum atomic E-state index is 0. The molecule has 4 radical (unpaired) electrons. The van der Waals surface area contributed by atoms with Crippen LogP contribution in [0.1, 0.15) is 0 Å². The van der Waals surface area contributed by atoms with Crippen LogP contribution < -0.4 is 0 Å². The third kappa shape index (κ3) is 21.0. The summed E-state index contributed by atoms with van der Waals surface area (Å²) in [5, 5.41) is 0. The predicted molar refractivity (Wildman–Crippen MR) is 11.5 cm³/mol. The van der Waals surface area contributed by atoms with E-state index in [1.807, 2.05) is 0 Å². The first-order chi connectivity index (χ1) is 1.00. The molecule has 0 aliphatic heterocycles. The van der Waals surface area contributed by atoms with Crippen molar-refractivity contribution in [2.75, 3.05) is 0 Å². The summed E-state index contributed by atoms with van der Waals surface area (Å²) < 4.78 is 0. The second-order valence-corrected chi connectivity index (χ2v) is 0. The van der Waals surface area contributed by atoms with Gasteiger partial charge in [-0.1, -0.05) is 0 Å². The van der Waals surface area contributed by atoms with Crippen molar-refractivity contribution in [1.82, 2.24) is 0 Å². The van der Waals surface area contributed by atoms with Crippen molar-refractivity contribution >= 4 is 15.5 Å². The molecule has 0 N–H and O–H groups in total. The van der Waals surface area contributed by atoms with Crippen LogP contribution in [0.3, 0.4) is 0 Å². The molecule has 26 valence electrons. The Kier molecular flexibility index (Phi) is 161. The van der Waals surface area contributed by atoms with Gasteiger partial charge in [-0.2, -0.15) is 0 Å². The van der Waals surface area contributed by atoms with Crippen LogP contribution in [-0.4, -0.2) is 15.5 Å². The summed E-state index contributed by atoms with van der Waals surface area (Å²) in [5.74, 6) is 0. The molecule has 0 saturated carbocycles. The van der Waals surface area contributed by atoms with Crippen LogP contribution in [0, 0.1) is 40.8 Å². The van der Waals surface area contributed by atoms with E-state index in [1.54, 1.807) is 0 Å². The van der Waals surface area contributed by atoms with E-state index in [0.717, 1.165) is 0 Å². The molecule has 0 unspecified atom stereocenters. The quantitative estimate of drug-likeness (QED) is 0.510. The summed E-state index contributed by atoms with van der Waals surface area (Å²) in [6.45, 7) is 0. The van der Waals surface area contributed by atoms with Crippen molar-refractivity contribution in [3.63, 3.8) is 0 Å². The van der Waals surface area contributed by atoms with Crippen LogP contribution in [0.25, 0.3) is 0 Å². The minimum absolute atomic E-state index is 0. The topological polar surface area (TPSA) is 0 Å². The Hall–Kier alpha value is 2.52. The third-order valence-corrected chi connectivity index (χ3v) is 0. The average molecular weight is 278 g/mol. The van der Waals surface area contributed by atoms with Crippen molar-refractivity contribution in [3.8, 4) is 0 Å². The first-order valence-electron chi connectivity index (χ1n) is 0.333. The Morgan fingerprint density at radius 1 is 0.800 bits per heavy atom. The Balaban J connectivity index is -0.00000000167. The monoisotopic (exact) mass is 276 g/mol. The van der Waals surface area contributed by atoms with E-state index < -0.39 is 0 Å². The number of rotatable bonds is 0. The summed E-state index contributed by atoms with van der Waals surface area (Å²) in [4.78, 5) is 0. The molecule has 0 aliphatic rings. The fraction of sp³-hybridized carbons (Fsp3) is 0. The first kappa shape index (κ1) is 25.8. The molecule has 0 heterocycles. The molecule has 0 amide bonds. The van der Waals surface area contributed by atoms with Gasteiger partial charge in [0.2, 0.25) is 0 Å². The maximum atomic E-state index is 4.00. The molecule has 0 aliphatic carbocycles. The molecular formula is B2Fe2Nd. The van der Waals surface area contributed by atoms with Gasteiger partial charge in [-0.25, -0.2) is 0 Å². The van der Waals surface area contributed by atoms with E-state index >= 15 is 0 Å². The van der Waals surface area contributed by atoms with Gasteiger partial charge in [-0.3, -0.25) is 0 Å². The second kappa shape index (κ2) is 31.3. The van der Waals surface area contributed by atoms with Gasteiger partial charge in [0.05, 0.1) is 0 Å². The first-order valence-corrected chi connectivity index (χ1v) is 0.333. The minimum Gasteiger partial charge on any atom is 0 e. The standard InChI is InChI=1S/B2.2Fe.Nd/c1-2;;;. The van der Waals surface area contributed by atoms with Crippen molar-refractivity contribution in [3.05, 3.63) is 0 Å². The summed E-state index contributed by atoms with van der Waals surface area (Å²) in [6.07, 6.45) is 0. The van der Waals surface area contributed by atoms with Gasteiger partial charge in [-0.15, -0.1) is 0 Å². The van der Waals surface area contributed by atoms with Gasteiger partial charge in [0.25, 0.3) is 0 Å². The molecule has 0 fully saturated rings. The fourth-order valence-electron chi connectivity index (χ4n) is 0. The van der Waals surface area contributed by atoms with Crippen LogP contribution in [0.15, 0.2) is 0 Å². The predicted octanol–water partition coefficient (Wildman–Crippen LogP) is -0.767. The van der Waals surface area contributed by atoms with Gasteiger partial charge < -0.3 is 0 Å². The second-order valence-electron chi connectivity index (χ2n) is 0. The van der Waals surface area contributed by atoms with Crippen LogP contribution in [0.4, 0.5) is 0 Å². The Labute approximate surface area is 88.9 Å². The van der Waals surface area contributed by atoms with Crippen molar-refractivity contribution in [2.45, 2.75) is 0 Å². The smallest absolute Gasteiger partial charge is 0 e. The van der Waals surface area contributed by atoms with Crippen molar-refractivity contribution in [1.29, 1.82) is 0 Å². The Bertz CT molecular complexity index is 7.61. The molecule has 0 aromatic heterocycles. The van der Waals surface area contributed by atoms with Crippen LogP contribution >= 0.6 is 0 Å². The molecule has 0 nitrogen and oxygen atoms in total. The van der Waals surface area contributed by atoms with Gasteiger partial charge in [0.1, 0.15) is 0 Å². The zero-order valence-corrected chi connectivity index (χ0v) is 7.78. The SMILES string of the molecule is [B][B].[Fe].[Fe].[Nd]. The summed E-state index contributed by atoms with van der Waals surface area (Å²) in [7, 11) is 8.00. The number of hydrogen-bond donors (Lipinski definition) is 0. The van der Waals surface area contributed by atoms with E-state index in [0.29, 0.717) is 0 Å². The average Bonchev–Trinajstić information content (AvgIpc) is 1.00. The zero-order chi connectivity index (χ0) is 2.00. The molecule has 0 aromatic carbocycles. The maximum Gasteiger partial charge on any atom is 0 e. The molecule has 0 atom stereocenters. The molecule has 0 saturated heterocycles. The van der Waals surface area contributed by atoms with Gasteiger partial charge in [-0.05, 0) is 0 Å².